The van der Waals surface area contributed by atoms with Crippen LogP contribution in [0.1, 0.15) is 27.0 Å². The van der Waals surface area contributed by atoms with Gasteiger partial charge in [-0.3, -0.25) is 9.78 Å². The molecule has 2 rings (SSSR count). The number of aromatic nitrogens is 1. The molecular weight excluding hydrogens is 291 g/mol. The molecule has 0 atom stereocenters. The largest absolute Gasteiger partial charge is 0.417 e. The molecule has 0 radical (unpaired) electrons. The molecule has 0 unspecified atom stereocenters. The Kier molecular flexibility index (Phi) is 3.81. The average Bonchev–Trinajstić information content (AvgIpc) is 2.40. The van der Waals surface area contributed by atoms with Crippen molar-refractivity contribution < 1.29 is 18.0 Å². The van der Waals surface area contributed by atoms with Crippen LogP contribution in [0.5, 0.6) is 0 Å². The topological polar surface area (TPSA) is 30.0 Å². The number of nitrogens with zero attached hydrogens (tertiary/aromatic N) is 1. The molecular formula is C14H9ClF3NO. The van der Waals surface area contributed by atoms with Gasteiger partial charge in [0, 0.05) is 23.0 Å². The van der Waals surface area contributed by atoms with E-state index in [1.54, 1.807) is 13.0 Å². The third-order valence-corrected chi connectivity index (χ3v) is 3.21. The highest BCUT2D eigenvalue weighted by Crippen LogP contribution is 2.32. The molecule has 2 aromatic rings. The average molecular weight is 300 g/mol. The number of carbonyl (C=O) groups is 1. The Labute approximate surface area is 118 Å². The van der Waals surface area contributed by atoms with Crippen LogP contribution in [0.2, 0.25) is 5.02 Å². The van der Waals surface area contributed by atoms with E-state index in [0.29, 0.717) is 5.02 Å². The second kappa shape index (κ2) is 5.25. The van der Waals surface area contributed by atoms with E-state index in [-0.39, 0.29) is 5.56 Å². The van der Waals surface area contributed by atoms with Gasteiger partial charge in [0.05, 0.1) is 11.1 Å². The van der Waals surface area contributed by atoms with Crippen molar-refractivity contribution in [2.45, 2.75) is 13.1 Å². The third-order valence-electron chi connectivity index (χ3n) is 2.81. The monoisotopic (exact) mass is 299 g/mol. The highest BCUT2D eigenvalue weighted by Gasteiger charge is 2.35. The zero-order valence-corrected chi connectivity index (χ0v) is 11.1. The van der Waals surface area contributed by atoms with E-state index >= 15 is 0 Å². The second-order valence-electron chi connectivity index (χ2n) is 4.21. The fourth-order valence-electron chi connectivity index (χ4n) is 1.71. The SMILES string of the molecule is Cc1ccc(C(=O)c2cnccc2C(F)(F)F)cc1Cl. The van der Waals surface area contributed by atoms with Crippen LogP contribution in [0, 0.1) is 6.92 Å². The van der Waals surface area contributed by atoms with Crippen LogP contribution in [0.4, 0.5) is 13.2 Å². The molecule has 0 amide bonds. The van der Waals surface area contributed by atoms with Crippen molar-refractivity contribution in [3.8, 4) is 0 Å². The molecule has 20 heavy (non-hydrogen) atoms. The summed E-state index contributed by atoms with van der Waals surface area (Å²) in [6, 6.07) is 5.16. The van der Waals surface area contributed by atoms with E-state index in [2.05, 4.69) is 4.98 Å². The molecule has 0 aliphatic carbocycles. The van der Waals surface area contributed by atoms with Gasteiger partial charge in [-0.05, 0) is 24.6 Å². The minimum Gasteiger partial charge on any atom is -0.289 e. The Morgan fingerprint density at radius 1 is 1.25 bits per heavy atom. The summed E-state index contributed by atoms with van der Waals surface area (Å²) in [7, 11) is 0. The minimum atomic E-state index is -4.61. The molecule has 0 aliphatic rings. The van der Waals surface area contributed by atoms with Crippen LogP contribution < -0.4 is 0 Å². The molecule has 104 valence electrons. The molecule has 0 aliphatic heterocycles. The van der Waals surface area contributed by atoms with Gasteiger partial charge >= 0.3 is 6.18 Å². The van der Waals surface area contributed by atoms with Crippen molar-refractivity contribution in [3.05, 3.63) is 63.9 Å². The lowest BCUT2D eigenvalue weighted by Crippen LogP contribution is -2.14. The first-order valence-corrected chi connectivity index (χ1v) is 6.00. The summed E-state index contributed by atoms with van der Waals surface area (Å²) in [6.45, 7) is 1.74. The van der Waals surface area contributed by atoms with Gasteiger partial charge < -0.3 is 0 Å². The van der Waals surface area contributed by atoms with Crippen LogP contribution in [-0.2, 0) is 6.18 Å². The number of pyridine rings is 1. The molecule has 1 heterocycles. The zero-order chi connectivity index (χ0) is 14.9. The molecule has 0 fully saturated rings. The summed E-state index contributed by atoms with van der Waals surface area (Å²) in [5, 5.41) is 0.327. The smallest absolute Gasteiger partial charge is 0.289 e. The lowest BCUT2D eigenvalue weighted by atomic mass is 9.99. The van der Waals surface area contributed by atoms with Crippen molar-refractivity contribution in [1.29, 1.82) is 0 Å². The van der Waals surface area contributed by atoms with Crippen molar-refractivity contribution in [3.63, 3.8) is 0 Å². The number of halogens is 4. The molecule has 0 bridgehead atoms. The number of alkyl halides is 3. The van der Waals surface area contributed by atoms with Crippen LogP contribution in [0.25, 0.3) is 0 Å². The van der Waals surface area contributed by atoms with Gasteiger partial charge in [0.25, 0.3) is 0 Å². The Hall–Kier alpha value is -1.88. The molecule has 6 heteroatoms. The Bertz CT molecular complexity index is 668. The van der Waals surface area contributed by atoms with Gasteiger partial charge in [-0.2, -0.15) is 13.2 Å². The summed E-state index contributed by atoms with van der Waals surface area (Å²) in [4.78, 5) is 15.8. The highest BCUT2D eigenvalue weighted by atomic mass is 35.5. The van der Waals surface area contributed by atoms with E-state index in [1.807, 2.05) is 0 Å². The van der Waals surface area contributed by atoms with Crippen LogP contribution >= 0.6 is 11.6 Å². The molecule has 0 spiro atoms. The molecule has 1 aromatic heterocycles. The second-order valence-corrected chi connectivity index (χ2v) is 4.62. The van der Waals surface area contributed by atoms with Crippen molar-refractivity contribution >= 4 is 17.4 Å². The van der Waals surface area contributed by atoms with Crippen molar-refractivity contribution in [1.82, 2.24) is 4.98 Å². The highest BCUT2D eigenvalue weighted by molar-refractivity contribution is 6.31. The van der Waals surface area contributed by atoms with Crippen molar-refractivity contribution in [2.24, 2.45) is 0 Å². The third kappa shape index (κ3) is 2.82. The standard InChI is InChI=1S/C14H9ClF3NO/c1-8-2-3-9(6-12(8)15)13(20)10-7-19-5-4-11(10)14(16,17)18/h2-7H,1H3. The van der Waals surface area contributed by atoms with Gasteiger partial charge in [-0.1, -0.05) is 23.7 Å². The Balaban J connectivity index is 2.51. The van der Waals surface area contributed by atoms with Crippen LogP contribution in [-0.4, -0.2) is 10.8 Å². The number of rotatable bonds is 2. The quantitative estimate of drug-likeness (QED) is 0.774. The minimum absolute atomic E-state index is 0.0964. The lowest BCUT2D eigenvalue weighted by molar-refractivity contribution is -0.137. The predicted molar refractivity (Wildman–Crippen MR) is 68.9 cm³/mol. The molecule has 0 saturated heterocycles. The fourth-order valence-corrected chi connectivity index (χ4v) is 1.89. The number of benzene rings is 1. The van der Waals surface area contributed by atoms with E-state index in [0.717, 1.165) is 24.0 Å². The molecule has 0 N–H and O–H groups in total. The van der Waals surface area contributed by atoms with E-state index < -0.39 is 23.1 Å². The van der Waals surface area contributed by atoms with Gasteiger partial charge in [0.1, 0.15) is 0 Å². The predicted octanol–water partition coefficient (Wildman–Crippen LogP) is 4.29. The summed E-state index contributed by atoms with van der Waals surface area (Å²) >= 11 is 5.88. The Morgan fingerprint density at radius 3 is 2.55 bits per heavy atom. The van der Waals surface area contributed by atoms with E-state index in [4.69, 9.17) is 11.6 Å². The number of hydrogen-bond donors (Lipinski definition) is 0. The van der Waals surface area contributed by atoms with Gasteiger partial charge in [0.15, 0.2) is 5.78 Å². The zero-order valence-electron chi connectivity index (χ0n) is 10.3. The normalized spacial score (nSPS) is 11.4. The van der Waals surface area contributed by atoms with Gasteiger partial charge in [-0.25, -0.2) is 0 Å². The number of carbonyl (C=O) groups excluding carboxylic acids is 1. The summed E-state index contributed by atoms with van der Waals surface area (Å²) in [6.07, 6.45) is -2.69. The first-order valence-electron chi connectivity index (χ1n) is 5.63. The number of hydrogen-bond acceptors (Lipinski definition) is 2. The first-order chi connectivity index (χ1) is 9.30. The molecule has 1 aromatic carbocycles. The van der Waals surface area contributed by atoms with Gasteiger partial charge in [0.2, 0.25) is 0 Å². The molecule has 0 saturated carbocycles. The fraction of sp³-hybridized carbons (Fsp3) is 0.143. The maximum absolute atomic E-state index is 12.9. The maximum atomic E-state index is 12.9. The molecule has 2 nitrogen and oxygen atoms in total. The summed E-state index contributed by atoms with van der Waals surface area (Å²) in [5.41, 5.74) is -0.654. The maximum Gasteiger partial charge on any atom is 0.417 e. The number of ketones is 1. The van der Waals surface area contributed by atoms with Crippen LogP contribution in [0.3, 0.4) is 0 Å². The van der Waals surface area contributed by atoms with Crippen molar-refractivity contribution in [2.75, 3.05) is 0 Å². The van der Waals surface area contributed by atoms with Gasteiger partial charge in [-0.15, -0.1) is 0 Å². The summed E-state index contributed by atoms with van der Waals surface area (Å²) < 4.78 is 38.6. The summed E-state index contributed by atoms with van der Waals surface area (Å²) in [5.74, 6) is -0.757. The lowest BCUT2D eigenvalue weighted by Gasteiger charge is -2.11. The Morgan fingerprint density at radius 2 is 1.95 bits per heavy atom. The first kappa shape index (κ1) is 14.5. The van der Waals surface area contributed by atoms with Crippen LogP contribution in [0.15, 0.2) is 36.7 Å². The van der Waals surface area contributed by atoms with E-state index in [9.17, 15) is 18.0 Å². The number of aryl methyl sites for hydroxylation is 1. The van der Waals surface area contributed by atoms with E-state index in [1.165, 1.54) is 12.1 Å².